The van der Waals surface area contributed by atoms with Crippen LogP contribution in [0.2, 0.25) is 5.02 Å². The number of carbonyl (C=O) groups is 1. The number of imidazole rings is 1. The Morgan fingerprint density at radius 3 is 2.58 bits per heavy atom. The van der Waals surface area contributed by atoms with Gasteiger partial charge in [-0.2, -0.15) is 0 Å². The molecule has 3 aromatic carbocycles. The van der Waals surface area contributed by atoms with Crippen molar-refractivity contribution < 1.29 is 17.6 Å². The van der Waals surface area contributed by atoms with Crippen LogP contribution >= 0.6 is 11.6 Å². The molecule has 2 amide bonds. The average Bonchev–Trinajstić information content (AvgIpc) is 3.32. The van der Waals surface area contributed by atoms with Gasteiger partial charge in [-0.25, -0.2) is 27.6 Å². The maximum Gasteiger partial charge on any atom is 0.339 e. The van der Waals surface area contributed by atoms with E-state index in [-0.39, 0.29) is 23.7 Å². The Balaban J connectivity index is 1.36. The number of urea groups is 1. The fourth-order valence-electron chi connectivity index (χ4n) is 4.43. The first-order valence-electron chi connectivity index (χ1n) is 11.9. The molecule has 0 spiro atoms. The number of benzene rings is 3. The number of halogens is 2. The van der Waals surface area contributed by atoms with E-state index in [2.05, 4.69) is 9.82 Å². The topological polar surface area (TPSA) is 90.8 Å². The Bertz CT molecular complexity index is 1620. The van der Waals surface area contributed by atoms with Gasteiger partial charge in [0.25, 0.3) is 10.0 Å². The number of fused-ring (bicyclic) bond motifs is 1. The Labute approximate surface area is 225 Å². The van der Waals surface area contributed by atoms with Gasteiger partial charge in [-0.05, 0) is 67.7 Å². The lowest BCUT2D eigenvalue weighted by atomic mass is 10.1. The molecule has 2 heterocycles. The summed E-state index contributed by atoms with van der Waals surface area (Å²) in [6.07, 6.45) is 3.84. The van der Waals surface area contributed by atoms with Crippen LogP contribution in [-0.4, -0.2) is 61.1 Å². The van der Waals surface area contributed by atoms with Crippen LogP contribution < -0.4 is 9.73 Å². The van der Waals surface area contributed by atoms with Crippen LogP contribution in [0.1, 0.15) is 12.2 Å². The van der Waals surface area contributed by atoms with Crippen molar-refractivity contribution in [3.05, 3.63) is 83.7 Å². The van der Waals surface area contributed by atoms with Crippen LogP contribution in [0.3, 0.4) is 0 Å². The molecule has 4 aromatic rings. The Kier molecular flexibility index (Phi) is 7.10. The molecule has 198 valence electrons. The predicted molar refractivity (Wildman–Crippen MR) is 144 cm³/mol. The highest BCUT2D eigenvalue weighted by Gasteiger charge is 2.32. The van der Waals surface area contributed by atoms with Gasteiger partial charge in [-0.1, -0.05) is 23.7 Å². The molecule has 1 N–H and O–H groups in total. The van der Waals surface area contributed by atoms with E-state index in [9.17, 15) is 13.2 Å². The molecule has 1 aromatic heterocycles. The summed E-state index contributed by atoms with van der Waals surface area (Å²) in [5.41, 5.74) is 0.639. The maximum atomic E-state index is 15.3. The van der Waals surface area contributed by atoms with Crippen LogP contribution in [0.15, 0.2) is 71.9 Å². The van der Waals surface area contributed by atoms with Crippen LogP contribution in [0.5, 0.6) is 0 Å². The third kappa shape index (κ3) is 5.23. The number of nitrogens with one attached hydrogen (secondary N) is 1. The van der Waals surface area contributed by atoms with Gasteiger partial charge in [0.2, 0.25) is 0 Å². The van der Waals surface area contributed by atoms with Gasteiger partial charge >= 0.3 is 6.03 Å². The zero-order valence-corrected chi connectivity index (χ0v) is 22.4. The van der Waals surface area contributed by atoms with E-state index in [1.54, 1.807) is 47.3 Å². The summed E-state index contributed by atoms with van der Waals surface area (Å²) < 4.78 is 43.3. The SMILES string of the molecule is CN(C)Cc1nccn1-c1ccc(N2CCCN(NS(=O)(=O)c3ccc4cc(Cl)ccc4c3)C2=O)c(F)c1. The Morgan fingerprint density at radius 2 is 1.82 bits per heavy atom. The summed E-state index contributed by atoms with van der Waals surface area (Å²) in [4.78, 5) is 23.1. The zero-order valence-electron chi connectivity index (χ0n) is 20.8. The third-order valence-electron chi connectivity index (χ3n) is 6.21. The molecule has 5 rings (SSSR count). The number of aromatic nitrogens is 2. The molecule has 12 heteroatoms. The molecule has 38 heavy (non-hydrogen) atoms. The average molecular weight is 557 g/mol. The van der Waals surface area contributed by atoms with Crippen molar-refractivity contribution in [3.63, 3.8) is 0 Å². The number of nitrogens with zero attached hydrogens (tertiary/aromatic N) is 5. The number of hydrogen-bond acceptors (Lipinski definition) is 5. The van der Waals surface area contributed by atoms with Crippen molar-refractivity contribution >= 4 is 44.1 Å². The standard InChI is InChI=1S/C26H26ClFN6O3S/c1-31(2)17-25-29-10-13-32(25)21-7-9-24(23(28)16-21)33-11-3-12-34(26(33)35)30-38(36,37)22-8-5-18-14-20(27)6-4-19(18)15-22/h4-10,13-16,30H,3,11-12,17H2,1-2H3. The minimum atomic E-state index is -4.07. The molecule has 0 radical (unpaired) electrons. The van der Waals surface area contributed by atoms with Crippen molar-refractivity contribution in [1.82, 2.24) is 24.3 Å². The molecule has 1 aliphatic rings. The van der Waals surface area contributed by atoms with Gasteiger partial charge in [0.05, 0.1) is 17.1 Å². The van der Waals surface area contributed by atoms with Crippen molar-refractivity contribution in [1.29, 1.82) is 0 Å². The lowest BCUT2D eigenvalue weighted by Crippen LogP contribution is -2.56. The van der Waals surface area contributed by atoms with Gasteiger partial charge in [-0.3, -0.25) is 4.90 Å². The number of carbonyl (C=O) groups excluding carboxylic acids is 1. The van der Waals surface area contributed by atoms with E-state index in [0.29, 0.717) is 29.1 Å². The van der Waals surface area contributed by atoms with Crippen LogP contribution in [0, 0.1) is 5.82 Å². The summed E-state index contributed by atoms with van der Waals surface area (Å²) in [5, 5.41) is 3.03. The fourth-order valence-corrected chi connectivity index (χ4v) is 5.70. The first kappa shape index (κ1) is 26.1. The fraction of sp³-hybridized carbons (Fsp3) is 0.231. The molecule has 0 unspecified atom stereocenters. The molecular formula is C26H26ClFN6O3S. The van der Waals surface area contributed by atoms with Crippen molar-refractivity contribution in [3.8, 4) is 5.69 Å². The van der Waals surface area contributed by atoms with Gasteiger partial charge in [-0.15, -0.1) is 4.83 Å². The number of amides is 2. The molecule has 0 saturated carbocycles. The molecule has 0 bridgehead atoms. The van der Waals surface area contributed by atoms with Crippen molar-refractivity contribution in [2.75, 3.05) is 32.1 Å². The molecule has 0 aliphatic carbocycles. The van der Waals surface area contributed by atoms with Gasteiger partial charge < -0.3 is 9.47 Å². The Hall–Kier alpha value is -3.51. The van der Waals surface area contributed by atoms with Crippen LogP contribution in [-0.2, 0) is 16.6 Å². The normalized spacial score (nSPS) is 14.6. The quantitative estimate of drug-likeness (QED) is 0.364. The minimum Gasteiger partial charge on any atom is -0.303 e. The summed E-state index contributed by atoms with van der Waals surface area (Å²) in [6, 6.07) is 13.7. The van der Waals surface area contributed by atoms with E-state index < -0.39 is 21.9 Å². The van der Waals surface area contributed by atoms with Gasteiger partial charge in [0, 0.05) is 42.3 Å². The highest BCUT2D eigenvalue weighted by Crippen LogP contribution is 2.27. The first-order valence-corrected chi connectivity index (χ1v) is 13.8. The molecule has 9 nitrogen and oxygen atoms in total. The predicted octanol–water partition coefficient (Wildman–Crippen LogP) is 4.41. The van der Waals surface area contributed by atoms with E-state index >= 15 is 4.39 Å². The zero-order chi connectivity index (χ0) is 27.0. The van der Waals surface area contributed by atoms with E-state index in [4.69, 9.17) is 11.6 Å². The third-order valence-corrected chi connectivity index (χ3v) is 7.79. The van der Waals surface area contributed by atoms with E-state index in [0.717, 1.165) is 16.2 Å². The summed E-state index contributed by atoms with van der Waals surface area (Å²) in [7, 11) is -0.239. The Morgan fingerprint density at radius 1 is 1.05 bits per heavy atom. The minimum absolute atomic E-state index is 0.00152. The number of rotatable bonds is 7. The highest BCUT2D eigenvalue weighted by atomic mass is 35.5. The summed E-state index contributed by atoms with van der Waals surface area (Å²) in [6.45, 7) is 0.975. The second kappa shape index (κ2) is 10.3. The first-order chi connectivity index (χ1) is 18.1. The van der Waals surface area contributed by atoms with E-state index in [1.165, 1.54) is 29.2 Å². The molecular weight excluding hydrogens is 531 g/mol. The smallest absolute Gasteiger partial charge is 0.303 e. The number of hydrazine groups is 1. The largest absolute Gasteiger partial charge is 0.339 e. The van der Waals surface area contributed by atoms with Gasteiger partial charge in [0.15, 0.2) is 0 Å². The van der Waals surface area contributed by atoms with Gasteiger partial charge in [0.1, 0.15) is 11.6 Å². The van der Waals surface area contributed by atoms with Crippen molar-refractivity contribution in [2.24, 2.45) is 0 Å². The molecule has 1 aliphatic heterocycles. The van der Waals surface area contributed by atoms with Crippen LogP contribution in [0.25, 0.3) is 16.5 Å². The lowest BCUT2D eigenvalue weighted by Gasteiger charge is -2.35. The summed E-state index contributed by atoms with van der Waals surface area (Å²) in [5.74, 6) is 0.145. The second-order valence-corrected chi connectivity index (χ2v) is 11.4. The molecule has 1 fully saturated rings. The van der Waals surface area contributed by atoms with E-state index in [1.807, 2.05) is 19.0 Å². The number of sulfonamides is 1. The number of hydrogen-bond donors (Lipinski definition) is 1. The monoisotopic (exact) mass is 556 g/mol. The second-order valence-electron chi connectivity index (χ2n) is 9.27. The molecule has 0 atom stereocenters. The number of anilines is 1. The highest BCUT2D eigenvalue weighted by molar-refractivity contribution is 7.89. The van der Waals surface area contributed by atoms with Crippen LogP contribution in [0.4, 0.5) is 14.9 Å². The maximum absolute atomic E-state index is 15.3. The summed E-state index contributed by atoms with van der Waals surface area (Å²) >= 11 is 6.02. The lowest BCUT2D eigenvalue weighted by molar-refractivity contribution is 0.185. The molecule has 1 saturated heterocycles. The van der Waals surface area contributed by atoms with Crippen molar-refractivity contribution in [2.45, 2.75) is 17.9 Å².